The number of nitrogens with zero attached hydrogens (tertiary/aromatic N) is 1. The van der Waals surface area contributed by atoms with Crippen LogP contribution in [0.2, 0.25) is 0 Å². The maximum atomic E-state index is 11.7. The number of carbonyl (C=O) groups excluding carboxylic acids is 2. The van der Waals surface area contributed by atoms with E-state index >= 15 is 0 Å². The Morgan fingerprint density at radius 1 is 1.25 bits per heavy atom. The summed E-state index contributed by atoms with van der Waals surface area (Å²) in [5, 5.41) is 2.64. The molecule has 0 fully saturated rings. The van der Waals surface area contributed by atoms with Gasteiger partial charge in [0.25, 0.3) is 5.91 Å². The summed E-state index contributed by atoms with van der Waals surface area (Å²) in [6.07, 6.45) is 1.73. The van der Waals surface area contributed by atoms with Gasteiger partial charge in [-0.05, 0) is 36.4 Å². The predicted octanol–water partition coefficient (Wildman–Crippen LogP) is 2.58. The minimum absolute atomic E-state index is 0.319. The van der Waals surface area contributed by atoms with E-state index in [-0.39, 0.29) is 12.5 Å². The first kappa shape index (κ1) is 14.3. The molecule has 1 aromatic heterocycles. The van der Waals surface area contributed by atoms with Crippen LogP contribution in [0.3, 0.4) is 0 Å². The molecule has 1 N–H and O–H groups in total. The molecule has 2 rings (SSSR count). The maximum absolute atomic E-state index is 11.7. The third-order valence-corrected chi connectivity index (χ3v) is 3.14. The molecule has 20 heavy (non-hydrogen) atoms. The number of nitrogens with one attached hydrogen (secondary N) is 1. The zero-order valence-corrected chi connectivity index (χ0v) is 12.4. The average molecular weight is 337 g/mol. The SMILES string of the molecule is Cn1cccc1C(=O)OCC(=O)Nc1ccc(Br)cc1. The van der Waals surface area contributed by atoms with Crippen molar-refractivity contribution >= 4 is 33.5 Å². The maximum Gasteiger partial charge on any atom is 0.355 e. The standard InChI is InChI=1S/C14H13BrN2O3/c1-17-8-2-3-12(17)14(19)20-9-13(18)16-11-6-4-10(15)5-7-11/h2-8H,9H2,1H3,(H,16,18). The third-order valence-electron chi connectivity index (χ3n) is 2.62. The molecule has 2 aromatic rings. The van der Waals surface area contributed by atoms with Crippen LogP contribution in [-0.2, 0) is 16.6 Å². The van der Waals surface area contributed by atoms with Crippen LogP contribution in [0.4, 0.5) is 5.69 Å². The van der Waals surface area contributed by atoms with E-state index in [0.29, 0.717) is 11.4 Å². The first-order chi connectivity index (χ1) is 9.56. The molecular weight excluding hydrogens is 324 g/mol. The van der Waals surface area contributed by atoms with Crippen LogP contribution in [0.25, 0.3) is 0 Å². The highest BCUT2D eigenvalue weighted by molar-refractivity contribution is 9.10. The van der Waals surface area contributed by atoms with E-state index in [1.807, 2.05) is 12.1 Å². The third kappa shape index (κ3) is 3.71. The van der Waals surface area contributed by atoms with Gasteiger partial charge in [-0.15, -0.1) is 0 Å². The van der Waals surface area contributed by atoms with Crippen molar-refractivity contribution in [1.29, 1.82) is 0 Å². The second-order valence-corrected chi connectivity index (χ2v) is 5.05. The number of benzene rings is 1. The molecule has 1 heterocycles. The van der Waals surface area contributed by atoms with E-state index in [1.165, 1.54) is 0 Å². The van der Waals surface area contributed by atoms with Crippen LogP contribution in [0.15, 0.2) is 47.1 Å². The van der Waals surface area contributed by atoms with Crippen LogP contribution >= 0.6 is 15.9 Å². The highest BCUT2D eigenvalue weighted by Crippen LogP contribution is 2.14. The van der Waals surface area contributed by atoms with Crippen molar-refractivity contribution in [2.75, 3.05) is 11.9 Å². The fourth-order valence-electron chi connectivity index (χ4n) is 1.61. The predicted molar refractivity (Wildman–Crippen MR) is 78.5 cm³/mol. The van der Waals surface area contributed by atoms with Crippen LogP contribution < -0.4 is 5.32 Å². The Hall–Kier alpha value is -2.08. The molecule has 1 aromatic carbocycles. The van der Waals surface area contributed by atoms with Crippen LogP contribution in [0.5, 0.6) is 0 Å². The molecule has 0 aliphatic rings. The van der Waals surface area contributed by atoms with Gasteiger partial charge in [-0.25, -0.2) is 4.79 Å². The van der Waals surface area contributed by atoms with E-state index in [9.17, 15) is 9.59 Å². The second kappa shape index (κ2) is 6.38. The van der Waals surface area contributed by atoms with Crippen molar-refractivity contribution in [3.05, 3.63) is 52.8 Å². The summed E-state index contributed by atoms with van der Waals surface area (Å²) < 4.78 is 7.50. The van der Waals surface area contributed by atoms with Gasteiger partial charge in [0.1, 0.15) is 5.69 Å². The van der Waals surface area contributed by atoms with Gasteiger partial charge in [-0.3, -0.25) is 4.79 Å². The normalized spacial score (nSPS) is 10.1. The first-order valence-corrected chi connectivity index (χ1v) is 6.69. The lowest BCUT2D eigenvalue weighted by Crippen LogP contribution is -2.21. The Kier molecular flexibility index (Phi) is 4.57. The zero-order chi connectivity index (χ0) is 14.5. The highest BCUT2D eigenvalue weighted by atomic mass is 79.9. The van der Waals surface area contributed by atoms with Crippen molar-refractivity contribution in [2.24, 2.45) is 7.05 Å². The Labute approximate surface area is 124 Å². The monoisotopic (exact) mass is 336 g/mol. The molecule has 0 radical (unpaired) electrons. The quantitative estimate of drug-likeness (QED) is 0.873. The van der Waals surface area contributed by atoms with Gasteiger partial charge in [0, 0.05) is 23.4 Å². The molecular formula is C14H13BrN2O3. The number of hydrogen-bond donors (Lipinski definition) is 1. The van der Waals surface area contributed by atoms with E-state index in [0.717, 1.165) is 4.47 Å². The fraction of sp³-hybridized carbons (Fsp3) is 0.143. The summed E-state index contributed by atoms with van der Waals surface area (Å²) >= 11 is 3.31. The number of halogens is 1. The molecule has 104 valence electrons. The topological polar surface area (TPSA) is 60.3 Å². The second-order valence-electron chi connectivity index (χ2n) is 4.14. The summed E-state index contributed by atoms with van der Waals surface area (Å²) in [7, 11) is 1.73. The Morgan fingerprint density at radius 3 is 2.55 bits per heavy atom. The lowest BCUT2D eigenvalue weighted by molar-refractivity contribution is -0.119. The molecule has 0 aliphatic carbocycles. The summed E-state index contributed by atoms with van der Waals surface area (Å²) in [6, 6.07) is 10.5. The van der Waals surface area contributed by atoms with Crippen molar-refractivity contribution in [3.63, 3.8) is 0 Å². The van der Waals surface area contributed by atoms with Gasteiger partial charge < -0.3 is 14.6 Å². The Balaban J connectivity index is 1.85. The van der Waals surface area contributed by atoms with E-state index in [1.54, 1.807) is 42.1 Å². The van der Waals surface area contributed by atoms with E-state index < -0.39 is 5.97 Å². The number of carbonyl (C=O) groups is 2. The fourth-order valence-corrected chi connectivity index (χ4v) is 1.87. The number of anilines is 1. The van der Waals surface area contributed by atoms with Gasteiger partial charge >= 0.3 is 5.97 Å². The molecule has 0 unspecified atom stereocenters. The molecule has 0 saturated carbocycles. The number of ether oxygens (including phenoxy) is 1. The number of hydrogen-bond acceptors (Lipinski definition) is 3. The molecule has 6 heteroatoms. The summed E-state index contributed by atoms with van der Waals surface area (Å²) in [6.45, 7) is -0.319. The van der Waals surface area contributed by atoms with Crippen LogP contribution in [0.1, 0.15) is 10.5 Å². The summed E-state index contributed by atoms with van der Waals surface area (Å²) in [5.41, 5.74) is 1.05. The zero-order valence-electron chi connectivity index (χ0n) is 10.8. The Bertz CT molecular complexity index is 620. The number of aromatic nitrogens is 1. The van der Waals surface area contributed by atoms with Crippen molar-refractivity contribution in [1.82, 2.24) is 4.57 Å². The van der Waals surface area contributed by atoms with Crippen molar-refractivity contribution in [2.45, 2.75) is 0 Å². The van der Waals surface area contributed by atoms with Crippen LogP contribution in [-0.4, -0.2) is 23.1 Å². The molecule has 5 nitrogen and oxygen atoms in total. The number of rotatable bonds is 4. The summed E-state index contributed by atoms with van der Waals surface area (Å²) in [5.74, 6) is -0.904. The average Bonchev–Trinajstić information content (AvgIpc) is 2.85. The van der Waals surface area contributed by atoms with Gasteiger partial charge in [0.15, 0.2) is 6.61 Å². The minimum atomic E-state index is -0.525. The van der Waals surface area contributed by atoms with Gasteiger partial charge in [-0.2, -0.15) is 0 Å². The van der Waals surface area contributed by atoms with Crippen molar-refractivity contribution in [3.8, 4) is 0 Å². The molecule has 0 bridgehead atoms. The van der Waals surface area contributed by atoms with Gasteiger partial charge in [0.05, 0.1) is 0 Å². The van der Waals surface area contributed by atoms with Gasteiger partial charge in [0.2, 0.25) is 0 Å². The summed E-state index contributed by atoms with van der Waals surface area (Å²) in [4.78, 5) is 23.3. The van der Waals surface area contributed by atoms with Gasteiger partial charge in [-0.1, -0.05) is 15.9 Å². The lowest BCUT2D eigenvalue weighted by atomic mass is 10.3. The Morgan fingerprint density at radius 2 is 1.95 bits per heavy atom. The lowest BCUT2D eigenvalue weighted by Gasteiger charge is -2.07. The minimum Gasteiger partial charge on any atom is -0.451 e. The number of esters is 1. The van der Waals surface area contributed by atoms with Crippen LogP contribution in [0, 0.1) is 0 Å². The highest BCUT2D eigenvalue weighted by Gasteiger charge is 2.12. The molecule has 0 atom stereocenters. The number of aryl methyl sites for hydroxylation is 1. The van der Waals surface area contributed by atoms with E-state index in [2.05, 4.69) is 21.2 Å². The largest absolute Gasteiger partial charge is 0.451 e. The number of amides is 1. The molecule has 0 saturated heterocycles. The molecule has 1 amide bonds. The van der Waals surface area contributed by atoms with E-state index in [4.69, 9.17) is 4.74 Å². The van der Waals surface area contributed by atoms with Crippen molar-refractivity contribution < 1.29 is 14.3 Å². The first-order valence-electron chi connectivity index (χ1n) is 5.90. The molecule has 0 spiro atoms. The molecule has 0 aliphatic heterocycles. The smallest absolute Gasteiger partial charge is 0.355 e.